The number of hydrogen-bond acceptors (Lipinski definition) is 4. The maximum absolute atomic E-state index is 11.9. The molecule has 0 unspecified atom stereocenters. The largest absolute Gasteiger partial charge is 0.478 e. The third-order valence-electron chi connectivity index (χ3n) is 4.18. The summed E-state index contributed by atoms with van der Waals surface area (Å²) in [6.45, 7) is 1.84. The van der Waals surface area contributed by atoms with Gasteiger partial charge in [-0.15, -0.1) is 0 Å². The zero-order valence-corrected chi connectivity index (χ0v) is 13.8. The van der Waals surface area contributed by atoms with E-state index in [9.17, 15) is 9.59 Å². The molecule has 26 heavy (non-hydrogen) atoms. The van der Waals surface area contributed by atoms with E-state index in [-0.39, 0.29) is 5.56 Å². The van der Waals surface area contributed by atoms with Crippen molar-refractivity contribution in [3.05, 3.63) is 82.2 Å². The smallest absolute Gasteiger partial charge is 0.337 e. The SMILES string of the molecule is Cc1cc(=O)oc2c1c(-c1ccccc1)nn2-c1ccc(C(=O)O)cc1. The molecule has 4 aromatic rings. The van der Waals surface area contributed by atoms with Gasteiger partial charge in [0.25, 0.3) is 0 Å². The third-order valence-corrected chi connectivity index (χ3v) is 4.18. The topological polar surface area (TPSA) is 85.3 Å². The molecule has 0 fully saturated rings. The average molecular weight is 346 g/mol. The number of benzene rings is 2. The summed E-state index contributed by atoms with van der Waals surface area (Å²) in [4.78, 5) is 22.9. The van der Waals surface area contributed by atoms with E-state index in [1.54, 1.807) is 12.1 Å². The highest BCUT2D eigenvalue weighted by atomic mass is 16.4. The van der Waals surface area contributed by atoms with Gasteiger partial charge in [0.1, 0.15) is 5.69 Å². The van der Waals surface area contributed by atoms with Crippen molar-refractivity contribution < 1.29 is 14.3 Å². The van der Waals surface area contributed by atoms with Gasteiger partial charge < -0.3 is 9.52 Å². The van der Waals surface area contributed by atoms with Crippen LogP contribution in [0, 0.1) is 6.92 Å². The number of hydrogen-bond donors (Lipinski definition) is 1. The number of carboxylic acids is 1. The number of aromatic carboxylic acids is 1. The van der Waals surface area contributed by atoms with E-state index in [2.05, 4.69) is 5.10 Å². The Morgan fingerprint density at radius 3 is 2.42 bits per heavy atom. The van der Waals surface area contributed by atoms with Crippen molar-refractivity contribution in [2.45, 2.75) is 6.92 Å². The predicted molar refractivity (Wildman–Crippen MR) is 96.7 cm³/mol. The molecular formula is C20H14N2O4. The van der Waals surface area contributed by atoms with Crippen molar-refractivity contribution in [2.75, 3.05) is 0 Å². The number of aromatic nitrogens is 2. The second kappa shape index (κ2) is 6.00. The van der Waals surface area contributed by atoms with Crippen molar-refractivity contribution in [1.82, 2.24) is 9.78 Å². The van der Waals surface area contributed by atoms with Crippen molar-refractivity contribution in [2.24, 2.45) is 0 Å². The fraction of sp³-hybridized carbons (Fsp3) is 0.0500. The van der Waals surface area contributed by atoms with Crippen LogP contribution in [-0.2, 0) is 0 Å². The van der Waals surface area contributed by atoms with Gasteiger partial charge in [-0.05, 0) is 36.8 Å². The van der Waals surface area contributed by atoms with Crippen LogP contribution in [0.3, 0.4) is 0 Å². The molecule has 6 heteroatoms. The molecule has 1 N–H and O–H groups in total. The van der Waals surface area contributed by atoms with Gasteiger partial charge in [-0.1, -0.05) is 30.3 Å². The highest BCUT2D eigenvalue weighted by molar-refractivity contribution is 5.93. The van der Waals surface area contributed by atoms with Gasteiger partial charge >= 0.3 is 11.6 Å². The summed E-state index contributed by atoms with van der Waals surface area (Å²) in [5.74, 6) is -1.01. The fourth-order valence-electron chi connectivity index (χ4n) is 2.94. The van der Waals surface area contributed by atoms with Crippen molar-refractivity contribution in [3.8, 4) is 16.9 Å². The third kappa shape index (κ3) is 2.57. The Morgan fingerprint density at radius 2 is 1.77 bits per heavy atom. The Bertz CT molecular complexity index is 1170. The summed E-state index contributed by atoms with van der Waals surface area (Å²) in [6.07, 6.45) is 0. The summed E-state index contributed by atoms with van der Waals surface area (Å²) in [5, 5.41) is 14.5. The van der Waals surface area contributed by atoms with Gasteiger partial charge in [0.2, 0.25) is 5.71 Å². The van der Waals surface area contributed by atoms with Crippen LogP contribution < -0.4 is 5.63 Å². The van der Waals surface area contributed by atoms with Crippen LogP contribution in [0.25, 0.3) is 28.0 Å². The van der Waals surface area contributed by atoms with Crippen LogP contribution >= 0.6 is 0 Å². The first kappa shape index (κ1) is 15.8. The van der Waals surface area contributed by atoms with Crippen LogP contribution in [0.1, 0.15) is 15.9 Å². The van der Waals surface area contributed by atoms with E-state index in [4.69, 9.17) is 9.52 Å². The molecule has 0 saturated heterocycles. The standard InChI is InChI=1S/C20H14N2O4/c1-12-11-16(23)26-19-17(12)18(13-5-3-2-4-6-13)21-22(19)15-9-7-14(8-10-15)20(24)25/h2-11H,1H3,(H,24,25). The Kier molecular flexibility index (Phi) is 3.65. The van der Waals surface area contributed by atoms with Gasteiger partial charge in [-0.25, -0.2) is 9.59 Å². The van der Waals surface area contributed by atoms with Gasteiger partial charge in [-0.2, -0.15) is 9.78 Å². The zero-order valence-electron chi connectivity index (χ0n) is 13.8. The molecule has 0 aliphatic rings. The molecule has 2 heterocycles. The number of fused-ring (bicyclic) bond motifs is 1. The fourth-order valence-corrected chi connectivity index (χ4v) is 2.94. The number of aryl methyl sites for hydroxylation is 1. The molecule has 0 aliphatic heterocycles. The number of nitrogens with zero attached hydrogens (tertiary/aromatic N) is 2. The molecule has 2 aromatic heterocycles. The van der Waals surface area contributed by atoms with E-state index in [0.29, 0.717) is 17.1 Å². The molecule has 0 bridgehead atoms. The van der Waals surface area contributed by atoms with Gasteiger partial charge in [-0.3, -0.25) is 0 Å². The minimum absolute atomic E-state index is 0.172. The molecule has 4 rings (SSSR count). The summed E-state index contributed by atoms with van der Waals surface area (Å²) in [5.41, 5.74) is 3.01. The van der Waals surface area contributed by atoms with Crippen LogP contribution in [0.5, 0.6) is 0 Å². The van der Waals surface area contributed by atoms with Gasteiger partial charge in [0.05, 0.1) is 16.6 Å². The summed E-state index contributed by atoms with van der Waals surface area (Å²) < 4.78 is 6.96. The molecule has 0 atom stereocenters. The minimum atomic E-state index is -1.01. The van der Waals surface area contributed by atoms with E-state index in [1.165, 1.54) is 22.9 Å². The molecule has 0 aliphatic carbocycles. The lowest BCUT2D eigenvalue weighted by Crippen LogP contribution is -2.02. The van der Waals surface area contributed by atoms with Crippen LogP contribution in [0.2, 0.25) is 0 Å². The van der Waals surface area contributed by atoms with Crippen LogP contribution in [0.15, 0.2) is 69.9 Å². The molecule has 0 amide bonds. The first-order valence-electron chi connectivity index (χ1n) is 7.97. The number of carbonyl (C=O) groups is 1. The Labute approximate surface area is 147 Å². The van der Waals surface area contributed by atoms with Crippen molar-refractivity contribution in [3.63, 3.8) is 0 Å². The Hall–Kier alpha value is -3.67. The quantitative estimate of drug-likeness (QED) is 0.612. The molecular weight excluding hydrogens is 332 g/mol. The van der Waals surface area contributed by atoms with Gasteiger partial charge in [0.15, 0.2) is 0 Å². The zero-order chi connectivity index (χ0) is 18.3. The summed E-state index contributed by atoms with van der Waals surface area (Å²) in [6, 6.07) is 17.3. The minimum Gasteiger partial charge on any atom is -0.478 e. The van der Waals surface area contributed by atoms with E-state index in [1.807, 2.05) is 37.3 Å². The Morgan fingerprint density at radius 1 is 1.08 bits per heavy atom. The highest BCUT2D eigenvalue weighted by Crippen LogP contribution is 2.31. The first-order valence-corrected chi connectivity index (χ1v) is 7.97. The molecule has 6 nitrogen and oxygen atoms in total. The molecule has 0 spiro atoms. The highest BCUT2D eigenvalue weighted by Gasteiger charge is 2.18. The summed E-state index contributed by atoms with van der Waals surface area (Å²) in [7, 11) is 0. The number of rotatable bonds is 3. The second-order valence-electron chi connectivity index (χ2n) is 5.91. The average Bonchev–Trinajstić information content (AvgIpc) is 3.02. The summed E-state index contributed by atoms with van der Waals surface area (Å²) >= 11 is 0. The molecule has 2 aromatic carbocycles. The van der Waals surface area contributed by atoms with Crippen molar-refractivity contribution >= 4 is 17.1 Å². The van der Waals surface area contributed by atoms with Crippen molar-refractivity contribution in [1.29, 1.82) is 0 Å². The lowest BCUT2D eigenvalue weighted by molar-refractivity contribution is 0.0697. The van der Waals surface area contributed by atoms with Crippen LogP contribution in [0.4, 0.5) is 0 Å². The maximum atomic E-state index is 11.9. The Balaban J connectivity index is 2.01. The molecule has 128 valence electrons. The normalized spacial score (nSPS) is 11.0. The maximum Gasteiger partial charge on any atom is 0.337 e. The molecule has 0 saturated carbocycles. The van der Waals surface area contributed by atoms with E-state index in [0.717, 1.165) is 16.5 Å². The van der Waals surface area contributed by atoms with Crippen LogP contribution in [-0.4, -0.2) is 20.9 Å². The second-order valence-corrected chi connectivity index (χ2v) is 5.91. The molecule has 0 radical (unpaired) electrons. The lowest BCUT2D eigenvalue weighted by atomic mass is 10.1. The van der Waals surface area contributed by atoms with E-state index < -0.39 is 11.6 Å². The lowest BCUT2D eigenvalue weighted by Gasteiger charge is -2.03. The van der Waals surface area contributed by atoms with Gasteiger partial charge in [0, 0.05) is 11.6 Å². The monoisotopic (exact) mass is 346 g/mol. The van der Waals surface area contributed by atoms with E-state index >= 15 is 0 Å². The number of carboxylic acid groups (broad SMARTS) is 1. The first-order chi connectivity index (χ1) is 12.5. The predicted octanol–water partition coefficient (Wildman–Crippen LogP) is 3.65.